The summed E-state index contributed by atoms with van der Waals surface area (Å²) < 4.78 is 39.6. The van der Waals surface area contributed by atoms with Crippen LogP contribution in [0.1, 0.15) is 19.5 Å². The van der Waals surface area contributed by atoms with Gasteiger partial charge in [0.1, 0.15) is 5.82 Å². The molecule has 0 amide bonds. The average Bonchev–Trinajstić information content (AvgIpc) is 2.59. The predicted octanol–water partition coefficient (Wildman–Crippen LogP) is 3.54. The molecule has 0 aliphatic rings. The number of nitrogens with zero attached hydrogens (tertiary/aromatic N) is 5. The highest BCUT2D eigenvalue weighted by Gasteiger charge is 2.34. The maximum Gasteiger partial charge on any atom is 0.433 e. The first kappa shape index (κ1) is 17.7. The molecule has 0 bridgehead atoms. The Morgan fingerprint density at radius 1 is 1.25 bits per heavy atom. The van der Waals surface area contributed by atoms with Gasteiger partial charge in [0, 0.05) is 37.1 Å². The van der Waals surface area contributed by atoms with E-state index in [1.807, 2.05) is 0 Å². The third kappa shape index (κ3) is 4.19. The van der Waals surface area contributed by atoms with Crippen molar-refractivity contribution in [1.82, 2.24) is 15.0 Å². The normalized spacial score (nSPS) is 12.5. The molecule has 0 aromatic carbocycles. The first-order valence-corrected chi connectivity index (χ1v) is 7.36. The third-order valence-corrected chi connectivity index (χ3v) is 3.36. The fourth-order valence-electron chi connectivity index (χ4n) is 2.13. The van der Waals surface area contributed by atoms with Gasteiger partial charge in [0.15, 0.2) is 11.5 Å². The Kier molecular flexibility index (Phi) is 5.34. The molecule has 0 spiro atoms. The average molecular weight is 335 g/mol. The van der Waals surface area contributed by atoms with E-state index in [-0.39, 0.29) is 24.1 Å². The van der Waals surface area contributed by atoms with Crippen LogP contribution < -0.4 is 4.90 Å². The van der Waals surface area contributed by atoms with Gasteiger partial charge in [-0.2, -0.15) is 18.4 Å². The van der Waals surface area contributed by atoms with Gasteiger partial charge in [-0.25, -0.2) is 9.97 Å². The Morgan fingerprint density at radius 3 is 2.46 bits per heavy atom. The van der Waals surface area contributed by atoms with Crippen LogP contribution in [0.2, 0.25) is 0 Å². The lowest BCUT2D eigenvalue weighted by molar-refractivity contribution is -0.141. The molecule has 2 aromatic heterocycles. The van der Waals surface area contributed by atoms with E-state index in [4.69, 9.17) is 5.26 Å². The van der Waals surface area contributed by atoms with Crippen molar-refractivity contribution in [1.29, 1.82) is 5.26 Å². The van der Waals surface area contributed by atoms with Gasteiger partial charge in [-0.1, -0.05) is 0 Å². The molecule has 1 atom stereocenters. The summed E-state index contributed by atoms with van der Waals surface area (Å²) in [5.41, 5.74) is -0.566. The summed E-state index contributed by atoms with van der Waals surface area (Å²) in [6.07, 6.45) is -1.65. The number of rotatable bonds is 5. The van der Waals surface area contributed by atoms with Gasteiger partial charge < -0.3 is 4.90 Å². The number of anilines is 1. The number of pyridine rings is 1. The summed E-state index contributed by atoms with van der Waals surface area (Å²) >= 11 is 0. The van der Waals surface area contributed by atoms with Gasteiger partial charge in [0.2, 0.25) is 0 Å². The largest absolute Gasteiger partial charge is 0.433 e. The lowest BCUT2D eigenvalue weighted by Crippen LogP contribution is -2.29. The number of aromatic nitrogens is 3. The van der Waals surface area contributed by atoms with Gasteiger partial charge in [-0.3, -0.25) is 4.98 Å². The van der Waals surface area contributed by atoms with Gasteiger partial charge in [-0.05, 0) is 26.0 Å². The molecule has 0 aliphatic carbocycles. The Balaban J connectivity index is 2.53. The minimum absolute atomic E-state index is 0.0229. The summed E-state index contributed by atoms with van der Waals surface area (Å²) in [6, 6.07) is 6.09. The van der Waals surface area contributed by atoms with E-state index in [0.717, 1.165) is 6.07 Å². The maximum atomic E-state index is 13.2. The quantitative estimate of drug-likeness (QED) is 0.836. The van der Waals surface area contributed by atoms with Crippen molar-refractivity contribution in [2.45, 2.75) is 20.0 Å². The number of alkyl halides is 3. The first-order valence-electron chi connectivity index (χ1n) is 7.36. The van der Waals surface area contributed by atoms with Crippen molar-refractivity contribution in [3.63, 3.8) is 0 Å². The highest BCUT2D eigenvalue weighted by molar-refractivity contribution is 5.57. The number of hydrogen-bond acceptors (Lipinski definition) is 5. The van der Waals surface area contributed by atoms with Crippen LogP contribution in [-0.4, -0.2) is 28.0 Å². The second-order valence-corrected chi connectivity index (χ2v) is 5.24. The molecule has 24 heavy (non-hydrogen) atoms. The van der Waals surface area contributed by atoms with Crippen LogP contribution in [0.4, 0.5) is 19.0 Å². The lowest BCUT2D eigenvalue weighted by Gasteiger charge is -2.24. The Morgan fingerprint density at radius 2 is 1.92 bits per heavy atom. The molecule has 0 radical (unpaired) electrons. The molecule has 0 aliphatic heterocycles. The number of nitriles is 1. The van der Waals surface area contributed by atoms with Crippen molar-refractivity contribution in [3.8, 4) is 17.5 Å². The zero-order valence-electron chi connectivity index (χ0n) is 13.2. The summed E-state index contributed by atoms with van der Waals surface area (Å²) in [6.45, 7) is 4.22. The number of hydrogen-bond donors (Lipinski definition) is 0. The monoisotopic (exact) mass is 335 g/mol. The van der Waals surface area contributed by atoms with E-state index in [1.54, 1.807) is 30.9 Å². The van der Waals surface area contributed by atoms with E-state index in [1.165, 1.54) is 12.4 Å². The molecular weight excluding hydrogens is 319 g/mol. The predicted molar refractivity (Wildman–Crippen MR) is 82.9 cm³/mol. The van der Waals surface area contributed by atoms with E-state index in [0.29, 0.717) is 12.1 Å². The summed E-state index contributed by atoms with van der Waals surface area (Å²) in [4.78, 5) is 13.4. The minimum atomic E-state index is -4.58. The van der Waals surface area contributed by atoms with Gasteiger partial charge in [0.05, 0.1) is 12.0 Å². The van der Waals surface area contributed by atoms with Gasteiger partial charge >= 0.3 is 6.18 Å². The van der Waals surface area contributed by atoms with E-state index in [9.17, 15) is 13.2 Å². The Hall–Kier alpha value is -2.69. The summed E-state index contributed by atoms with van der Waals surface area (Å²) in [7, 11) is 0. The molecule has 0 fully saturated rings. The molecule has 2 rings (SSSR count). The van der Waals surface area contributed by atoms with Gasteiger partial charge in [-0.15, -0.1) is 0 Å². The van der Waals surface area contributed by atoms with Crippen molar-refractivity contribution in [2.75, 3.05) is 18.0 Å². The van der Waals surface area contributed by atoms with E-state index >= 15 is 0 Å². The highest BCUT2D eigenvalue weighted by Crippen LogP contribution is 2.31. The van der Waals surface area contributed by atoms with E-state index < -0.39 is 11.9 Å². The molecule has 2 heterocycles. The van der Waals surface area contributed by atoms with Crippen LogP contribution >= 0.6 is 0 Å². The number of halogens is 3. The van der Waals surface area contributed by atoms with Crippen LogP contribution in [0.25, 0.3) is 11.4 Å². The van der Waals surface area contributed by atoms with Crippen LogP contribution in [0.5, 0.6) is 0 Å². The topological polar surface area (TPSA) is 65.7 Å². The molecule has 0 saturated carbocycles. The SMILES string of the molecule is CCN(C[C@H](C)C#N)c1cc(C(F)(F)F)nc(-c2ccncc2)n1. The fourth-order valence-corrected chi connectivity index (χ4v) is 2.13. The zero-order valence-corrected chi connectivity index (χ0v) is 13.2. The smallest absolute Gasteiger partial charge is 0.355 e. The van der Waals surface area contributed by atoms with Crippen LogP contribution in [0.15, 0.2) is 30.6 Å². The van der Waals surface area contributed by atoms with Crippen LogP contribution in [-0.2, 0) is 6.18 Å². The second-order valence-electron chi connectivity index (χ2n) is 5.24. The van der Waals surface area contributed by atoms with Gasteiger partial charge in [0.25, 0.3) is 0 Å². The van der Waals surface area contributed by atoms with Crippen molar-refractivity contribution < 1.29 is 13.2 Å². The van der Waals surface area contributed by atoms with Crippen molar-refractivity contribution >= 4 is 5.82 Å². The van der Waals surface area contributed by atoms with Crippen molar-refractivity contribution in [2.24, 2.45) is 5.92 Å². The molecule has 8 heteroatoms. The van der Waals surface area contributed by atoms with Crippen molar-refractivity contribution in [3.05, 3.63) is 36.3 Å². The maximum absolute atomic E-state index is 13.2. The lowest BCUT2D eigenvalue weighted by atomic mass is 10.2. The van der Waals surface area contributed by atoms with Crippen LogP contribution in [0, 0.1) is 17.2 Å². The molecule has 5 nitrogen and oxygen atoms in total. The molecule has 2 aromatic rings. The fraction of sp³-hybridized carbons (Fsp3) is 0.375. The highest BCUT2D eigenvalue weighted by atomic mass is 19.4. The second kappa shape index (κ2) is 7.25. The molecule has 0 N–H and O–H groups in total. The Bertz CT molecular complexity index is 725. The van der Waals surface area contributed by atoms with E-state index in [2.05, 4.69) is 21.0 Å². The molecule has 0 saturated heterocycles. The molecular formula is C16H16F3N5. The summed E-state index contributed by atoms with van der Waals surface area (Å²) in [5.74, 6) is -0.211. The minimum Gasteiger partial charge on any atom is -0.355 e. The third-order valence-electron chi connectivity index (χ3n) is 3.36. The standard InChI is InChI=1S/C16H16F3N5/c1-3-24(10-11(2)9-20)14-8-13(16(17,18)19)22-15(23-14)12-4-6-21-7-5-12/h4-8,11H,3,10H2,1-2H3/t11-/m1/s1. The zero-order chi connectivity index (χ0) is 17.7. The summed E-state index contributed by atoms with van der Waals surface area (Å²) in [5, 5.41) is 8.95. The Labute approximate surface area is 137 Å². The molecule has 0 unspecified atom stereocenters. The molecule has 126 valence electrons. The first-order chi connectivity index (χ1) is 11.3. The van der Waals surface area contributed by atoms with Crippen LogP contribution in [0.3, 0.4) is 0 Å².